The average Bonchev–Trinajstić information content (AvgIpc) is 2.72. The molecule has 7 nitrogen and oxygen atoms in total. The molecule has 0 aliphatic heterocycles. The van der Waals surface area contributed by atoms with Crippen LogP contribution in [0.4, 0.5) is 0 Å². The number of hydrogen-bond donors (Lipinski definition) is 0. The summed E-state index contributed by atoms with van der Waals surface area (Å²) in [7, 11) is -2.21. The molecule has 28 heavy (non-hydrogen) atoms. The summed E-state index contributed by atoms with van der Waals surface area (Å²) >= 11 is 0. The fraction of sp³-hybridized carbons (Fsp3) is 0.400. The molecule has 2 aromatic rings. The highest BCUT2D eigenvalue weighted by atomic mass is 32.2. The van der Waals surface area contributed by atoms with Crippen LogP contribution in [0.2, 0.25) is 0 Å². The lowest BCUT2D eigenvalue weighted by Gasteiger charge is -2.22. The zero-order valence-corrected chi connectivity index (χ0v) is 17.4. The van der Waals surface area contributed by atoms with Crippen molar-refractivity contribution in [2.45, 2.75) is 25.3 Å². The van der Waals surface area contributed by atoms with E-state index < -0.39 is 10.0 Å². The zero-order valence-electron chi connectivity index (χ0n) is 16.5. The van der Waals surface area contributed by atoms with Gasteiger partial charge in [0.25, 0.3) is 5.91 Å². The molecule has 8 heteroatoms. The average molecular weight is 406 g/mol. The van der Waals surface area contributed by atoms with E-state index in [9.17, 15) is 13.2 Å². The van der Waals surface area contributed by atoms with E-state index in [1.165, 1.54) is 23.5 Å². The number of carbonyl (C=O) groups excluding carboxylic acids is 1. The molecule has 0 aliphatic carbocycles. The van der Waals surface area contributed by atoms with Crippen molar-refractivity contribution in [3.05, 3.63) is 59.9 Å². The van der Waals surface area contributed by atoms with Gasteiger partial charge in [-0.05, 0) is 49.7 Å². The van der Waals surface area contributed by atoms with Crippen LogP contribution in [0.5, 0.6) is 0 Å². The molecule has 0 aliphatic rings. The SMILES string of the molecule is CCN(CC)C(=O)c1ccc(S(=O)(=O)N(CCOC)Cc2cccnc2)cc1. The molecule has 0 fully saturated rings. The van der Waals surface area contributed by atoms with Crippen LogP contribution in [0.1, 0.15) is 29.8 Å². The summed E-state index contributed by atoms with van der Waals surface area (Å²) in [6.45, 7) is 5.71. The topological polar surface area (TPSA) is 79.8 Å². The Labute approximate surface area is 167 Å². The van der Waals surface area contributed by atoms with Crippen LogP contribution in [0.15, 0.2) is 53.7 Å². The Morgan fingerprint density at radius 1 is 1.11 bits per heavy atom. The Balaban J connectivity index is 2.27. The number of ether oxygens (including phenoxy) is 1. The van der Waals surface area contributed by atoms with Crippen molar-refractivity contribution < 1.29 is 17.9 Å². The van der Waals surface area contributed by atoms with E-state index in [0.717, 1.165) is 5.56 Å². The molecule has 1 amide bonds. The first-order valence-electron chi connectivity index (χ1n) is 9.21. The summed E-state index contributed by atoms with van der Waals surface area (Å²) in [5.41, 5.74) is 1.26. The molecule has 0 atom stereocenters. The Morgan fingerprint density at radius 2 is 1.79 bits per heavy atom. The third-order valence-electron chi connectivity index (χ3n) is 4.42. The van der Waals surface area contributed by atoms with Gasteiger partial charge in [0.15, 0.2) is 0 Å². The normalized spacial score (nSPS) is 11.6. The number of benzene rings is 1. The van der Waals surface area contributed by atoms with Crippen molar-refractivity contribution in [2.24, 2.45) is 0 Å². The quantitative estimate of drug-likeness (QED) is 0.606. The fourth-order valence-electron chi connectivity index (χ4n) is 2.78. The van der Waals surface area contributed by atoms with Gasteiger partial charge < -0.3 is 9.64 Å². The Bertz CT molecular complexity index is 851. The molecule has 1 aromatic heterocycles. The molecule has 0 spiro atoms. The second-order valence-electron chi connectivity index (χ2n) is 6.19. The maximum Gasteiger partial charge on any atom is 0.253 e. The van der Waals surface area contributed by atoms with Gasteiger partial charge in [-0.25, -0.2) is 8.42 Å². The maximum absolute atomic E-state index is 13.1. The summed E-state index contributed by atoms with van der Waals surface area (Å²) in [4.78, 5) is 18.3. The zero-order chi connectivity index (χ0) is 20.6. The highest BCUT2D eigenvalue weighted by molar-refractivity contribution is 7.89. The Morgan fingerprint density at radius 3 is 2.32 bits per heavy atom. The monoisotopic (exact) mass is 405 g/mol. The standard InChI is InChI=1S/C20H27N3O4S/c1-4-22(5-2)20(24)18-8-10-19(11-9-18)28(25,26)23(13-14-27-3)16-17-7-6-12-21-15-17/h6-12,15H,4-5,13-14,16H2,1-3H3. The molecule has 0 saturated heterocycles. The minimum Gasteiger partial charge on any atom is -0.383 e. The molecular formula is C20H27N3O4S. The van der Waals surface area contributed by atoms with Gasteiger partial charge in [0.05, 0.1) is 11.5 Å². The van der Waals surface area contributed by atoms with Crippen LogP contribution >= 0.6 is 0 Å². The number of rotatable bonds is 10. The Kier molecular flexibility index (Phi) is 8.10. The van der Waals surface area contributed by atoms with Crippen LogP contribution in [0, 0.1) is 0 Å². The van der Waals surface area contributed by atoms with E-state index in [2.05, 4.69) is 4.98 Å². The number of nitrogens with zero attached hydrogens (tertiary/aromatic N) is 3. The minimum atomic E-state index is -3.74. The van der Waals surface area contributed by atoms with Crippen molar-refractivity contribution in [1.82, 2.24) is 14.2 Å². The number of sulfonamides is 1. The predicted molar refractivity (Wildman–Crippen MR) is 107 cm³/mol. The van der Waals surface area contributed by atoms with E-state index in [0.29, 0.717) is 18.7 Å². The lowest BCUT2D eigenvalue weighted by atomic mass is 10.2. The number of hydrogen-bond acceptors (Lipinski definition) is 5. The van der Waals surface area contributed by atoms with E-state index in [1.54, 1.807) is 35.5 Å². The van der Waals surface area contributed by atoms with E-state index in [1.807, 2.05) is 19.9 Å². The molecule has 1 heterocycles. The Hall–Kier alpha value is -2.29. The molecule has 0 N–H and O–H groups in total. The number of amides is 1. The highest BCUT2D eigenvalue weighted by Crippen LogP contribution is 2.19. The molecule has 0 saturated carbocycles. The molecule has 2 rings (SSSR count). The van der Waals surface area contributed by atoms with Gasteiger partial charge in [-0.2, -0.15) is 4.31 Å². The van der Waals surface area contributed by atoms with Gasteiger partial charge in [0, 0.05) is 51.2 Å². The predicted octanol–water partition coefficient (Wildman–Crippen LogP) is 2.40. The fourth-order valence-corrected chi connectivity index (χ4v) is 4.20. The smallest absolute Gasteiger partial charge is 0.253 e. The van der Waals surface area contributed by atoms with Crippen LogP contribution in [-0.4, -0.2) is 61.9 Å². The number of aromatic nitrogens is 1. The first-order chi connectivity index (χ1) is 13.4. The van der Waals surface area contributed by atoms with Crippen LogP contribution < -0.4 is 0 Å². The van der Waals surface area contributed by atoms with Crippen molar-refractivity contribution >= 4 is 15.9 Å². The summed E-state index contributed by atoms with van der Waals surface area (Å²) < 4.78 is 32.7. The molecule has 1 aromatic carbocycles. The van der Waals surface area contributed by atoms with E-state index in [-0.39, 0.29) is 30.5 Å². The highest BCUT2D eigenvalue weighted by Gasteiger charge is 2.25. The molecule has 152 valence electrons. The first-order valence-corrected chi connectivity index (χ1v) is 10.6. The lowest BCUT2D eigenvalue weighted by molar-refractivity contribution is 0.0773. The number of carbonyl (C=O) groups is 1. The van der Waals surface area contributed by atoms with Gasteiger partial charge in [-0.1, -0.05) is 6.07 Å². The summed E-state index contributed by atoms with van der Waals surface area (Å²) in [6.07, 6.45) is 3.28. The van der Waals surface area contributed by atoms with Crippen LogP contribution in [0.25, 0.3) is 0 Å². The van der Waals surface area contributed by atoms with Gasteiger partial charge in [0.1, 0.15) is 0 Å². The van der Waals surface area contributed by atoms with E-state index in [4.69, 9.17) is 4.74 Å². The van der Waals surface area contributed by atoms with Crippen molar-refractivity contribution in [3.8, 4) is 0 Å². The van der Waals surface area contributed by atoms with Crippen molar-refractivity contribution in [3.63, 3.8) is 0 Å². The molecule has 0 radical (unpaired) electrons. The largest absolute Gasteiger partial charge is 0.383 e. The molecular weight excluding hydrogens is 378 g/mol. The van der Waals surface area contributed by atoms with E-state index >= 15 is 0 Å². The third kappa shape index (κ3) is 5.37. The second kappa shape index (κ2) is 10.3. The molecule has 0 unspecified atom stereocenters. The van der Waals surface area contributed by atoms with Crippen molar-refractivity contribution in [1.29, 1.82) is 0 Å². The third-order valence-corrected chi connectivity index (χ3v) is 6.28. The maximum atomic E-state index is 13.1. The van der Waals surface area contributed by atoms with Gasteiger partial charge >= 0.3 is 0 Å². The summed E-state index contributed by atoms with van der Waals surface area (Å²) in [5.74, 6) is -0.111. The van der Waals surface area contributed by atoms with Crippen LogP contribution in [-0.2, 0) is 21.3 Å². The second-order valence-corrected chi connectivity index (χ2v) is 8.13. The van der Waals surface area contributed by atoms with Gasteiger partial charge in [-0.3, -0.25) is 9.78 Å². The molecule has 0 bridgehead atoms. The van der Waals surface area contributed by atoms with Gasteiger partial charge in [0.2, 0.25) is 10.0 Å². The van der Waals surface area contributed by atoms with Gasteiger partial charge in [-0.15, -0.1) is 0 Å². The number of methoxy groups -OCH3 is 1. The summed E-state index contributed by atoms with van der Waals surface area (Å²) in [6, 6.07) is 9.68. The lowest BCUT2D eigenvalue weighted by Crippen LogP contribution is -2.33. The minimum absolute atomic E-state index is 0.111. The summed E-state index contributed by atoms with van der Waals surface area (Å²) in [5, 5.41) is 0. The number of pyridine rings is 1. The van der Waals surface area contributed by atoms with Crippen LogP contribution in [0.3, 0.4) is 0 Å². The van der Waals surface area contributed by atoms with Crippen molar-refractivity contribution in [2.75, 3.05) is 33.4 Å². The first kappa shape index (κ1) is 22.0.